The Morgan fingerprint density at radius 1 is 1.27 bits per heavy atom. The molecule has 3 aliphatic carbocycles. The van der Waals surface area contributed by atoms with Gasteiger partial charge in [0.1, 0.15) is 6.07 Å². The predicted octanol–water partition coefficient (Wildman–Crippen LogP) is 3.49. The van der Waals surface area contributed by atoms with Crippen LogP contribution < -0.4 is 0 Å². The van der Waals surface area contributed by atoms with Crippen LogP contribution >= 0.6 is 0 Å². The van der Waals surface area contributed by atoms with Gasteiger partial charge >= 0.3 is 0 Å². The molecular weight excluding hydrogens is 326 g/mol. The highest BCUT2D eigenvalue weighted by molar-refractivity contribution is 6.10. The van der Waals surface area contributed by atoms with E-state index in [2.05, 4.69) is 11.2 Å². The summed E-state index contributed by atoms with van der Waals surface area (Å²) in [6.07, 6.45) is 11.8. The number of carbonyl (C=O) groups excluding carboxylic acids is 2. The number of allylic oxidation sites excluding steroid dienone is 6. The number of rotatable bonds is 1. The van der Waals surface area contributed by atoms with Gasteiger partial charge in [-0.25, -0.2) is 4.68 Å². The molecule has 0 aliphatic heterocycles. The molecule has 0 fully saturated rings. The molecule has 26 heavy (non-hydrogen) atoms. The second-order valence-electron chi connectivity index (χ2n) is 8.13. The Kier molecular flexibility index (Phi) is 3.46. The molecule has 0 amide bonds. The molecule has 0 saturated heterocycles. The summed E-state index contributed by atoms with van der Waals surface area (Å²) in [6, 6.07) is 1.99. The topological polar surface area (TPSA) is 75.8 Å². The fourth-order valence-electron chi connectivity index (χ4n) is 4.75. The van der Waals surface area contributed by atoms with Crippen LogP contribution in [-0.2, 0) is 11.2 Å². The maximum absolute atomic E-state index is 13.4. The molecule has 132 valence electrons. The molecule has 0 saturated carbocycles. The number of nitriles is 1. The normalized spacial score (nSPS) is 29.4. The van der Waals surface area contributed by atoms with E-state index >= 15 is 0 Å². The van der Waals surface area contributed by atoms with Crippen molar-refractivity contribution < 1.29 is 9.59 Å². The van der Waals surface area contributed by atoms with E-state index in [0.29, 0.717) is 12.0 Å². The van der Waals surface area contributed by atoms with Crippen LogP contribution in [0.3, 0.4) is 0 Å². The minimum absolute atomic E-state index is 0.0460. The molecule has 1 heterocycles. The second kappa shape index (κ2) is 5.38. The van der Waals surface area contributed by atoms with Gasteiger partial charge in [0.2, 0.25) is 0 Å². The first kappa shape index (κ1) is 16.7. The molecule has 4 rings (SSSR count). The first-order valence-corrected chi connectivity index (χ1v) is 8.96. The molecular formula is C21H21N3O2. The molecule has 0 aromatic carbocycles. The molecule has 1 aromatic rings. The Bertz CT molecular complexity index is 968. The van der Waals surface area contributed by atoms with Crippen molar-refractivity contribution in [2.75, 3.05) is 0 Å². The number of aromatic nitrogens is 2. The lowest BCUT2D eigenvalue weighted by Crippen LogP contribution is -2.53. The highest BCUT2D eigenvalue weighted by Crippen LogP contribution is 2.53. The first-order valence-electron chi connectivity index (χ1n) is 8.96. The van der Waals surface area contributed by atoms with Gasteiger partial charge in [-0.1, -0.05) is 26.0 Å². The zero-order valence-corrected chi connectivity index (χ0v) is 15.2. The summed E-state index contributed by atoms with van der Waals surface area (Å²) in [5.74, 6) is -0.422. The van der Waals surface area contributed by atoms with Gasteiger partial charge in [-0.2, -0.15) is 10.4 Å². The predicted molar refractivity (Wildman–Crippen MR) is 97.0 cm³/mol. The highest BCUT2D eigenvalue weighted by atomic mass is 16.1. The summed E-state index contributed by atoms with van der Waals surface area (Å²) in [5, 5.41) is 13.9. The summed E-state index contributed by atoms with van der Waals surface area (Å²) in [5.41, 5.74) is 1.02. The number of carbonyl (C=O) groups is 2. The Labute approximate surface area is 152 Å². The van der Waals surface area contributed by atoms with Crippen molar-refractivity contribution in [3.05, 3.63) is 47.3 Å². The molecule has 0 radical (unpaired) electrons. The summed E-state index contributed by atoms with van der Waals surface area (Å²) < 4.78 is 1.88. The number of fused-ring (bicyclic) bond motifs is 2. The summed E-state index contributed by atoms with van der Waals surface area (Å²) in [6.45, 7) is 5.56. The minimum atomic E-state index is -0.857. The largest absolute Gasteiger partial charge is 0.293 e. The molecule has 2 atom stereocenters. The lowest BCUT2D eigenvalue weighted by atomic mass is 9.52. The summed E-state index contributed by atoms with van der Waals surface area (Å²) >= 11 is 0. The van der Waals surface area contributed by atoms with Crippen molar-refractivity contribution in [2.45, 2.75) is 40.0 Å². The van der Waals surface area contributed by atoms with Crippen LogP contribution in [0.15, 0.2) is 36.1 Å². The van der Waals surface area contributed by atoms with Crippen molar-refractivity contribution in [2.24, 2.45) is 16.7 Å². The lowest BCUT2D eigenvalue weighted by Gasteiger charge is -2.48. The van der Waals surface area contributed by atoms with Crippen molar-refractivity contribution in [1.29, 1.82) is 5.26 Å². The third-order valence-electron chi connectivity index (χ3n) is 6.25. The van der Waals surface area contributed by atoms with Gasteiger partial charge in [0, 0.05) is 11.1 Å². The summed E-state index contributed by atoms with van der Waals surface area (Å²) in [7, 11) is 0. The van der Waals surface area contributed by atoms with E-state index in [4.69, 9.17) is 0 Å². The monoisotopic (exact) mass is 347 g/mol. The van der Waals surface area contributed by atoms with Gasteiger partial charge in [0.15, 0.2) is 11.6 Å². The molecule has 5 nitrogen and oxygen atoms in total. The maximum atomic E-state index is 13.4. The Hall–Kier alpha value is -2.74. The van der Waals surface area contributed by atoms with Gasteiger partial charge < -0.3 is 0 Å². The summed E-state index contributed by atoms with van der Waals surface area (Å²) in [4.78, 5) is 26.1. The standard InChI is InChI=1S/C21H21N3O2/c1-20(2)17-9-16-15(12-23-24(16)14-7-5-4-6-8-14)19(26)21(17,3)10-13(11-22)18(20)25/h4-5,7,10,12,17H,6,8-9H2,1-3H3/t17?,21-/m0/s1. The van der Waals surface area contributed by atoms with Crippen LogP contribution in [0.25, 0.3) is 5.70 Å². The average Bonchev–Trinajstić information content (AvgIpc) is 3.06. The van der Waals surface area contributed by atoms with Gasteiger partial charge in [-0.15, -0.1) is 0 Å². The van der Waals surface area contributed by atoms with E-state index in [-0.39, 0.29) is 23.1 Å². The first-order chi connectivity index (χ1) is 12.3. The Morgan fingerprint density at radius 3 is 2.69 bits per heavy atom. The molecule has 0 spiro atoms. The molecule has 3 aliphatic rings. The lowest BCUT2D eigenvalue weighted by molar-refractivity contribution is -0.128. The SMILES string of the molecule is CC1(C)C(=O)C(C#N)=C[C@]2(C)C(=O)c3cnn(C4=CC=CCC4)c3CC12. The van der Waals surface area contributed by atoms with Gasteiger partial charge in [0.05, 0.1) is 28.4 Å². The van der Waals surface area contributed by atoms with E-state index in [0.717, 1.165) is 24.2 Å². The Balaban J connectivity index is 1.89. The van der Waals surface area contributed by atoms with Crippen LogP contribution in [0.1, 0.15) is 49.7 Å². The molecule has 0 bridgehead atoms. The quantitative estimate of drug-likeness (QED) is 0.779. The molecule has 1 unspecified atom stereocenters. The fraction of sp³-hybridized carbons (Fsp3) is 0.429. The van der Waals surface area contributed by atoms with Crippen LogP contribution in [-0.4, -0.2) is 21.3 Å². The van der Waals surface area contributed by atoms with E-state index in [1.54, 1.807) is 12.3 Å². The fourth-order valence-corrected chi connectivity index (χ4v) is 4.75. The van der Waals surface area contributed by atoms with Crippen LogP contribution in [0.5, 0.6) is 0 Å². The minimum Gasteiger partial charge on any atom is -0.293 e. The van der Waals surface area contributed by atoms with Gasteiger partial charge in [0.25, 0.3) is 0 Å². The van der Waals surface area contributed by atoms with Crippen LogP contribution in [0.2, 0.25) is 0 Å². The van der Waals surface area contributed by atoms with Crippen molar-refractivity contribution in [3.63, 3.8) is 0 Å². The van der Waals surface area contributed by atoms with Crippen molar-refractivity contribution in [1.82, 2.24) is 9.78 Å². The average molecular weight is 347 g/mol. The number of nitrogens with zero attached hydrogens (tertiary/aromatic N) is 3. The number of hydrogen-bond acceptors (Lipinski definition) is 4. The zero-order chi connectivity index (χ0) is 18.7. The van der Waals surface area contributed by atoms with Crippen molar-refractivity contribution in [3.8, 4) is 6.07 Å². The smallest absolute Gasteiger partial charge is 0.178 e. The Morgan fingerprint density at radius 2 is 2.04 bits per heavy atom. The van der Waals surface area contributed by atoms with Crippen LogP contribution in [0, 0.1) is 28.1 Å². The van der Waals surface area contributed by atoms with E-state index < -0.39 is 10.8 Å². The van der Waals surface area contributed by atoms with Crippen molar-refractivity contribution >= 4 is 17.3 Å². The number of ketones is 2. The van der Waals surface area contributed by atoms with E-state index in [1.807, 2.05) is 43.7 Å². The highest BCUT2D eigenvalue weighted by Gasteiger charge is 2.57. The zero-order valence-electron chi connectivity index (χ0n) is 15.2. The van der Waals surface area contributed by atoms with E-state index in [9.17, 15) is 14.9 Å². The third-order valence-corrected chi connectivity index (χ3v) is 6.25. The molecule has 1 aromatic heterocycles. The maximum Gasteiger partial charge on any atom is 0.178 e. The number of Topliss-reactive ketones (excluding diaryl/α,β-unsaturated/α-hetero) is 2. The van der Waals surface area contributed by atoms with Gasteiger partial charge in [-0.3, -0.25) is 9.59 Å². The van der Waals surface area contributed by atoms with E-state index in [1.165, 1.54) is 0 Å². The molecule has 5 heteroatoms. The number of hydrogen-bond donors (Lipinski definition) is 0. The molecule has 0 N–H and O–H groups in total. The van der Waals surface area contributed by atoms with Gasteiger partial charge in [-0.05, 0) is 44.3 Å². The van der Waals surface area contributed by atoms with Crippen LogP contribution in [0.4, 0.5) is 0 Å². The third kappa shape index (κ3) is 2.05. The second-order valence-corrected chi connectivity index (χ2v) is 8.13.